The summed E-state index contributed by atoms with van der Waals surface area (Å²) < 4.78 is 18.6. The van der Waals surface area contributed by atoms with Crippen molar-refractivity contribution in [3.63, 3.8) is 0 Å². The molecule has 2 aliphatic rings. The Balaban J connectivity index is 2.23. The topological polar surface area (TPSA) is 27.7 Å². The van der Waals surface area contributed by atoms with Crippen molar-refractivity contribution in [1.82, 2.24) is 0 Å². The van der Waals surface area contributed by atoms with Gasteiger partial charge in [0, 0.05) is 5.46 Å². The molecule has 1 saturated heterocycles. The van der Waals surface area contributed by atoms with Gasteiger partial charge in [-0.2, -0.15) is 0 Å². The fraction of sp³-hybridized carbons (Fsp3) is 0.727. The molecular formula is C22H35BO3. The van der Waals surface area contributed by atoms with Gasteiger partial charge in [0.15, 0.2) is 0 Å². The first-order chi connectivity index (χ1) is 11.7. The standard InChI is InChI=1S/C22H35BO3/c1-14-17-15(19(2,3)11-12-20(17,4)5)13-16(24-10)18(14)23-25-21(6,7)22(8,9)26-23/h13H,11-12H2,1-10H3. The maximum atomic E-state index is 6.38. The molecule has 1 aliphatic carbocycles. The molecule has 1 fully saturated rings. The Labute approximate surface area is 159 Å². The zero-order valence-electron chi connectivity index (χ0n) is 18.3. The highest BCUT2D eigenvalue weighted by atomic mass is 16.7. The van der Waals surface area contributed by atoms with E-state index in [1.165, 1.54) is 29.5 Å². The number of hydrogen-bond donors (Lipinski definition) is 0. The Hall–Kier alpha value is -0.995. The molecule has 0 bridgehead atoms. The van der Waals surface area contributed by atoms with Gasteiger partial charge in [0.1, 0.15) is 5.75 Å². The second-order valence-corrected chi connectivity index (χ2v) is 10.4. The second kappa shape index (κ2) is 5.75. The molecule has 26 heavy (non-hydrogen) atoms. The molecule has 1 aromatic rings. The predicted octanol–water partition coefficient (Wildman–Crippen LogP) is 4.65. The second-order valence-electron chi connectivity index (χ2n) is 10.4. The molecule has 0 radical (unpaired) electrons. The summed E-state index contributed by atoms with van der Waals surface area (Å²) in [5.41, 5.74) is 4.73. The Bertz CT molecular complexity index is 715. The van der Waals surface area contributed by atoms with E-state index in [0.717, 1.165) is 11.2 Å². The first-order valence-corrected chi connectivity index (χ1v) is 9.82. The van der Waals surface area contributed by atoms with E-state index in [1.54, 1.807) is 7.11 Å². The summed E-state index contributed by atoms with van der Waals surface area (Å²) in [5.74, 6) is 0.880. The normalized spacial score (nSPS) is 25.1. The number of hydrogen-bond acceptors (Lipinski definition) is 3. The van der Waals surface area contributed by atoms with Gasteiger partial charge in [-0.25, -0.2) is 0 Å². The third-order valence-corrected chi connectivity index (χ3v) is 7.08. The van der Waals surface area contributed by atoms with Crippen LogP contribution in [0, 0.1) is 6.92 Å². The van der Waals surface area contributed by atoms with Crippen LogP contribution in [0.25, 0.3) is 0 Å². The van der Waals surface area contributed by atoms with Gasteiger partial charge in [0.2, 0.25) is 0 Å². The maximum Gasteiger partial charge on any atom is 0.498 e. The third kappa shape index (κ3) is 2.81. The van der Waals surface area contributed by atoms with E-state index in [1.807, 2.05) is 0 Å². The molecule has 3 rings (SSSR count). The summed E-state index contributed by atoms with van der Waals surface area (Å²) in [6, 6.07) is 2.24. The predicted molar refractivity (Wildman–Crippen MR) is 109 cm³/mol. The summed E-state index contributed by atoms with van der Waals surface area (Å²) in [5, 5.41) is 0. The smallest absolute Gasteiger partial charge is 0.497 e. The molecule has 0 atom stereocenters. The fourth-order valence-corrected chi connectivity index (χ4v) is 4.52. The third-order valence-electron chi connectivity index (χ3n) is 7.08. The Morgan fingerprint density at radius 2 is 1.38 bits per heavy atom. The van der Waals surface area contributed by atoms with Gasteiger partial charge < -0.3 is 14.0 Å². The van der Waals surface area contributed by atoms with E-state index >= 15 is 0 Å². The molecule has 1 aliphatic heterocycles. The first-order valence-electron chi connectivity index (χ1n) is 9.82. The highest BCUT2D eigenvalue weighted by molar-refractivity contribution is 6.63. The number of benzene rings is 1. The molecule has 144 valence electrons. The van der Waals surface area contributed by atoms with Crippen molar-refractivity contribution in [3.8, 4) is 5.75 Å². The van der Waals surface area contributed by atoms with E-state index in [9.17, 15) is 0 Å². The van der Waals surface area contributed by atoms with Crippen LogP contribution in [0.3, 0.4) is 0 Å². The lowest BCUT2D eigenvalue weighted by Crippen LogP contribution is -2.42. The number of methoxy groups -OCH3 is 1. The largest absolute Gasteiger partial charge is 0.498 e. The van der Waals surface area contributed by atoms with Gasteiger partial charge >= 0.3 is 7.12 Å². The monoisotopic (exact) mass is 358 g/mol. The van der Waals surface area contributed by atoms with E-state index in [-0.39, 0.29) is 22.0 Å². The Morgan fingerprint density at radius 1 is 0.885 bits per heavy atom. The summed E-state index contributed by atoms with van der Waals surface area (Å²) in [7, 11) is 1.35. The highest BCUT2D eigenvalue weighted by Crippen LogP contribution is 2.48. The van der Waals surface area contributed by atoms with Crippen LogP contribution >= 0.6 is 0 Å². The van der Waals surface area contributed by atoms with Crippen LogP contribution in [0.15, 0.2) is 6.07 Å². The molecule has 1 aromatic carbocycles. The molecular weight excluding hydrogens is 323 g/mol. The minimum Gasteiger partial charge on any atom is -0.497 e. The van der Waals surface area contributed by atoms with Gasteiger partial charge in [0.25, 0.3) is 0 Å². The van der Waals surface area contributed by atoms with Crippen molar-refractivity contribution in [1.29, 1.82) is 0 Å². The Morgan fingerprint density at radius 3 is 1.88 bits per heavy atom. The number of rotatable bonds is 2. The fourth-order valence-electron chi connectivity index (χ4n) is 4.52. The van der Waals surface area contributed by atoms with Gasteiger partial charge in [-0.3, -0.25) is 0 Å². The van der Waals surface area contributed by atoms with Crippen LogP contribution in [0.1, 0.15) is 84.9 Å². The lowest BCUT2D eigenvalue weighted by atomic mass is 9.59. The van der Waals surface area contributed by atoms with Gasteiger partial charge in [-0.15, -0.1) is 0 Å². The molecule has 0 saturated carbocycles. The average Bonchev–Trinajstić information content (AvgIpc) is 2.70. The molecule has 0 aromatic heterocycles. The molecule has 0 unspecified atom stereocenters. The first kappa shape index (κ1) is 19.8. The SMILES string of the molecule is COc1cc2c(c(C)c1B1OC(C)(C)C(C)(C)O1)C(C)(C)CCC2(C)C. The quantitative estimate of drug-likeness (QED) is 0.720. The summed E-state index contributed by atoms with van der Waals surface area (Å²) >= 11 is 0. The van der Waals surface area contributed by atoms with Crippen LogP contribution in [0.5, 0.6) is 5.75 Å². The lowest BCUT2D eigenvalue weighted by Gasteiger charge is -2.43. The van der Waals surface area contributed by atoms with Crippen molar-refractivity contribution < 1.29 is 14.0 Å². The molecule has 4 heteroatoms. The molecule has 3 nitrogen and oxygen atoms in total. The molecule has 0 amide bonds. The van der Waals surface area contributed by atoms with Crippen LogP contribution in [-0.2, 0) is 20.1 Å². The van der Waals surface area contributed by atoms with Crippen molar-refractivity contribution >= 4 is 12.6 Å². The van der Waals surface area contributed by atoms with Crippen molar-refractivity contribution in [2.24, 2.45) is 0 Å². The highest BCUT2D eigenvalue weighted by Gasteiger charge is 2.53. The van der Waals surface area contributed by atoms with Crippen molar-refractivity contribution in [2.75, 3.05) is 7.11 Å². The van der Waals surface area contributed by atoms with E-state index < -0.39 is 7.12 Å². The van der Waals surface area contributed by atoms with E-state index in [2.05, 4.69) is 68.4 Å². The molecule has 1 heterocycles. The average molecular weight is 358 g/mol. The van der Waals surface area contributed by atoms with Crippen LogP contribution in [0.2, 0.25) is 0 Å². The van der Waals surface area contributed by atoms with Gasteiger partial charge in [-0.1, -0.05) is 27.7 Å². The summed E-state index contributed by atoms with van der Waals surface area (Å²) in [4.78, 5) is 0. The molecule has 0 spiro atoms. The van der Waals surface area contributed by atoms with Crippen LogP contribution in [-0.4, -0.2) is 25.4 Å². The number of ether oxygens (including phenoxy) is 1. The van der Waals surface area contributed by atoms with E-state index in [4.69, 9.17) is 14.0 Å². The summed E-state index contributed by atoms with van der Waals surface area (Å²) in [6.45, 7) is 20.0. The minimum absolute atomic E-state index is 0.138. The maximum absolute atomic E-state index is 6.38. The Kier molecular flexibility index (Phi) is 4.37. The zero-order chi connectivity index (χ0) is 19.7. The van der Waals surface area contributed by atoms with Crippen molar-refractivity contribution in [2.45, 2.75) is 97.2 Å². The van der Waals surface area contributed by atoms with Crippen LogP contribution < -0.4 is 10.2 Å². The summed E-state index contributed by atoms with van der Waals surface area (Å²) in [6.07, 6.45) is 2.37. The van der Waals surface area contributed by atoms with Crippen molar-refractivity contribution in [3.05, 3.63) is 22.8 Å². The number of fused-ring (bicyclic) bond motifs is 1. The van der Waals surface area contributed by atoms with Crippen LogP contribution in [0.4, 0.5) is 0 Å². The van der Waals surface area contributed by atoms with Gasteiger partial charge in [-0.05, 0) is 81.0 Å². The van der Waals surface area contributed by atoms with E-state index in [0.29, 0.717) is 0 Å². The lowest BCUT2D eigenvalue weighted by molar-refractivity contribution is 0.00578. The zero-order valence-corrected chi connectivity index (χ0v) is 18.3. The minimum atomic E-state index is -0.402. The van der Waals surface area contributed by atoms with Gasteiger partial charge in [0.05, 0.1) is 18.3 Å². The molecule has 0 N–H and O–H groups in total.